The largest absolute Gasteiger partial charge is 0.381 e. The highest BCUT2D eigenvalue weighted by molar-refractivity contribution is 6.23. The number of nitrogens with zero attached hydrogens (tertiary/aromatic N) is 3. The van der Waals surface area contributed by atoms with Crippen LogP contribution in [0.5, 0.6) is 0 Å². The van der Waals surface area contributed by atoms with Crippen molar-refractivity contribution in [1.29, 1.82) is 0 Å². The van der Waals surface area contributed by atoms with Gasteiger partial charge in [0.1, 0.15) is 0 Å². The lowest BCUT2D eigenvalue weighted by atomic mass is 10.1. The van der Waals surface area contributed by atoms with E-state index < -0.39 is 35.3 Å². The minimum absolute atomic E-state index is 0.100. The van der Waals surface area contributed by atoms with Crippen LogP contribution in [0, 0.1) is 0 Å². The predicted octanol–water partition coefficient (Wildman–Crippen LogP) is 2.15. The first kappa shape index (κ1) is 20.2. The first-order valence-electron chi connectivity index (χ1n) is 9.35. The number of imide groups is 2. The molecule has 2 aromatic carbocycles. The summed E-state index contributed by atoms with van der Waals surface area (Å²) in [7, 11) is 0. The first-order valence-corrected chi connectivity index (χ1v) is 9.35. The van der Waals surface area contributed by atoms with E-state index in [2.05, 4.69) is 5.43 Å². The Morgan fingerprint density at radius 3 is 1.55 bits per heavy atom. The van der Waals surface area contributed by atoms with Crippen LogP contribution in [-0.2, 0) is 4.84 Å². The highest BCUT2D eigenvalue weighted by atomic mass is 16.7. The molecule has 0 atom stereocenters. The molecule has 1 N–H and O–H groups in total. The number of hydrazine groups is 2. The molecule has 0 spiro atoms. The molecule has 0 aliphatic carbocycles. The van der Waals surface area contributed by atoms with Gasteiger partial charge in [0.05, 0.1) is 27.9 Å². The molecule has 2 heterocycles. The normalized spacial score (nSPS) is 15.3. The zero-order valence-corrected chi connectivity index (χ0v) is 16.9. The third-order valence-electron chi connectivity index (χ3n) is 4.49. The third-order valence-corrected chi connectivity index (χ3v) is 4.49. The summed E-state index contributed by atoms with van der Waals surface area (Å²) in [6.07, 6.45) is 0. The van der Waals surface area contributed by atoms with Gasteiger partial charge >= 0.3 is 6.03 Å². The van der Waals surface area contributed by atoms with Crippen LogP contribution in [-0.4, -0.2) is 50.5 Å². The number of nitrogens with one attached hydrogen (secondary N) is 1. The molecule has 158 valence electrons. The van der Waals surface area contributed by atoms with E-state index in [0.29, 0.717) is 15.2 Å². The molecular weight excluding hydrogens is 404 g/mol. The molecule has 4 rings (SSSR count). The second kappa shape index (κ2) is 7.03. The van der Waals surface area contributed by atoms with E-state index in [0.717, 1.165) is 0 Å². The number of hydroxylamine groups is 1. The molecule has 0 unspecified atom stereocenters. The molecule has 0 radical (unpaired) electrons. The monoisotopic (exact) mass is 422 g/mol. The van der Waals surface area contributed by atoms with Crippen molar-refractivity contribution in [3.05, 3.63) is 70.8 Å². The van der Waals surface area contributed by atoms with Crippen molar-refractivity contribution in [3.63, 3.8) is 0 Å². The molecule has 0 fully saturated rings. The van der Waals surface area contributed by atoms with Gasteiger partial charge in [0.15, 0.2) is 0 Å². The fourth-order valence-corrected chi connectivity index (χ4v) is 3.20. The van der Waals surface area contributed by atoms with Gasteiger partial charge in [-0.15, -0.1) is 5.01 Å². The zero-order chi connectivity index (χ0) is 22.5. The van der Waals surface area contributed by atoms with Crippen molar-refractivity contribution < 1.29 is 28.8 Å². The second-order valence-electron chi connectivity index (χ2n) is 7.85. The molecule has 10 nitrogen and oxygen atoms in total. The fraction of sp³-hybridized carbons (Fsp3) is 0.190. The minimum atomic E-state index is -1.17. The Balaban J connectivity index is 1.65. The highest BCUT2D eigenvalue weighted by Crippen LogP contribution is 2.27. The first-order chi connectivity index (χ1) is 14.6. The van der Waals surface area contributed by atoms with Crippen molar-refractivity contribution in [1.82, 2.24) is 20.6 Å². The number of carbonyl (C=O) groups is 5. The van der Waals surface area contributed by atoms with E-state index in [1.807, 2.05) is 0 Å². The number of fused-ring (bicyclic) bond motifs is 2. The third kappa shape index (κ3) is 3.32. The molecule has 2 aliphatic heterocycles. The van der Waals surface area contributed by atoms with Gasteiger partial charge in [-0.1, -0.05) is 29.4 Å². The van der Waals surface area contributed by atoms with Crippen molar-refractivity contribution in [2.45, 2.75) is 26.4 Å². The van der Waals surface area contributed by atoms with E-state index in [4.69, 9.17) is 4.84 Å². The van der Waals surface area contributed by atoms with Gasteiger partial charge in [-0.05, 0) is 45.0 Å². The summed E-state index contributed by atoms with van der Waals surface area (Å²) >= 11 is 0. The van der Waals surface area contributed by atoms with Crippen LogP contribution >= 0.6 is 0 Å². The quantitative estimate of drug-likeness (QED) is 0.599. The minimum Gasteiger partial charge on any atom is -0.267 e. The van der Waals surface area contributed by atoms with Crippen molar-refractivity contribution in [2.24, 2.45) is 0 Å². The van der Waals surface area contributed by atoms with Crippen molar-refractivity contribution >= 4 is 29.7 Å². The van der Waals surface area contributed by atoms with E-state index in [-0.39, 0.29) is 22.3 Å². The second-order valence-corrected chi connectivity index (χ2v) is 7.85. The Morgan fingerprint density at radius 1 is 0.774 bits per heavy atom. The lowest BCUT2D eigenvalue weighted by Gasteiger charge is -2.34. The van der Waals surface area contributed by atoms with Crippen molar-refractivity contribution in [3.8, 4) is 0 Å². The zero-order valence-electron chi connectivity index (χ0n) is 16.9. The van der Waals surface area contributed by atoms with Crippen LogP contribution in [0.15, 0.2) is 48.5 Å². The molecule has 2 aromatic rings. The Labute approximate surface area is 176 Å². The molecule has 31 heavy (non-hydrogen) atoms. The topological polar surface area (TPSA) is 116 Å². The molecule has 0 saturated heterocycles. The van der Waals surface area contributed by atoms with Crippen LogP contribution in [0.3, 0.4) is 0 Å². The Morgan fingerprint density at radius 2 is 1.16 bits per heavy atom. The number of rotatable bonds is 3. The number of hydrogen-bond acceptors (Lipinski definition) is 6. The number of carbonyl (C=O) groups excluding carboxylic acids is 5. The molecule has 2 aliphatic rings. The van der Waals surface area contributed by atoms with E-state index in [9.17, 15) is 24.0 Å². The summed E-state index contributed by atoms with van der Waals surface area (Å²) in [5.41, 5.74) is 1.58. The molecule has 6 amide bonds. The number of amides is 6. The summed E-state index contributed by atoms with van der Waals surface area (Å²) in [5, 5.41) is 1.49. The maximum absolute atomic E-state index is 13.0. The molecule has 10 heteroatoms. The summed E-state index contributed by atoms with van der Waals surface area (Å²) < 4.78 is 0. The highest BCUT2D eigenvalue weighted by Gasteiger charge is 2.45. The molecule has 0 aromatic heterocycles. The van der Waals surface area contributed by atoms with Gasteiger partial charge in [0, 0.05) is 0 Å². The van der Waals surface area contributed by atoms with E-state index in [1.54, 1.807) is 45.0 Å². The summed E-state index contributed by atoms with van der Waals surface area (Å²) in [6, 6.07) is 11.0. The lowest BCUT2D eigenvalue weighted by Crippen LogP contribution is -2.59. The maximum Gasteiger partial charge on any atom is 0.381 e. The average molecular weight is 422 g/mol. The van der Waals surface area contributed by atoms with Crippen molar-refractivity contribution in [2.75, 3.05) is 0 Å². The van der Waals surface area contributed by atoms with Gasteiger partial charge in [-0.25, -0.2) is 15.1 Å². The van der Waals surface area contributed by atoms with Crippen LogP contribution in [0.4, 0.5) is 4.79 Å². The van der Waals surface area contributed by atoms with Crippen LogP contribution in [0.2, 0.25) is 0 Å². The lowest BCUT2D eigenvalue weighted by molar-refractivity contribution is -0.259. The van der Waals surface area contributed by atoms with Gasteiger partial charge in [-0.3, -0.25) is 19.2 Å². The predicted molar refractivity (Wildman–Crippen MR) is 105 cm³/mol. The Bertz CT molecular complexity index is 1080. The summed E-state index contributed by atoms with van der Waals surface area (Å²) in [5.74, 6) is -3.04. The average Bonchev–Trinajstić information content (AvgIpc) is 3.12. The molecule has 0 saturated carbocycles. The van der Waals surface area contributed by atoms with E-state index >= 15 is 0 Å². The SMILES string of the molecule is CC(C)(C)ON(C(=O)NN1C(=O)c2ccccc2C1=O)N1C(=O)c2ccccc2C1=O. The summed E-state index contributed by atoms with van der Waals surface area (Å²) in [4.78, 5) is 69.4. The molecule has 0 bridgehead atoms. The number of urea groups is 1. The Kier molecular flexibility index (Phi) is 4.59. The van der Waals surface area contributed by atoms with E-state index in [1.165, 1.54) is 24.3 Å². The number of benzene rings is 2. The molecular formula is C21H18N4O6. The van der Waals surface area contributed by atoms with Crippen LogP contribution in [0.25, 0.3) is 0 Å². The Hall–Kier alpha value is -4.05. The smallest absolute Gasteiger partial charge is 0.267 e. The van der Waals surface area contributed by atoms with Gasteiger partial charge < -0.3 is 0 Å². The number of hydrogen-bond donors (Lipinski definition) is 1. The van der Waals surface area contributed by atoms with Crippen LogP contribution in [0.1, 0.15) is 62.2 Å². The summed E-state index contributed by atoms with van der Waals surface area (Å²) in [6.45, 7) is 4.81. The maximum atomic E-state index is 13.0. The fourth-order valence-electron chi connectivity index (χ4n) is 3.20. The van der Waals surface area contributed by atoms with Crippen LogP contribution < -0.4 is 5.43 Å². The van der Waals surface area contributed by atoms with Gasteiger partial charge in [-0.2, -0.15) is 5.01 Å². The van der Waals surface area contributed by atoms with Gasteiger partial charge in [0.25, 0.3) is 23.6 Å². The standard InChI is InChI=1S/C21H18N4O6/c1-21(2,3)31-25(24-18(28)14-10-6-7-11-15(14)19(24)29)20(30)22-23-16(26)12-8-4-5-9-13(12)17(23)27/h4-11H,1-3H3,(H,22,30). The van der Waals surface area contributed by atoms with Gasteiger partial charge in [0.2, 0.25) is 0 Å².